The second kappa shape index (κ2) is 7.62. The maximum absolute atomic E-state index is 6.25. The van der Waals surface area contributed by atoms with Crippen molar-refractivity contribution >= 4 is 58.3 Å². The number of nitrogens with zero attached hydrogens (tertiary/aromatic N) is 3. The van der Waals surface area contributed by atoms with Crippen LogP contribution in [0.4, 0.5) is 5.69 Å². The topological polar surface area (TPSA) is 63.3 Å². The Kier molecular flexibility index (Phi) is 5.49. The van der Waals surface area contributed by atoms with Crippen molar-refractivity contribution in [2.45, 2.75) is 6.92 Å². The van der Waals surface area contributed by atoms with Gasteiger partial charge in [-0.1, -0.05) is 57.6 Å². The van der Waals surface area contributed by atoms with Crippen molar-refractivity contribution in [3.63, 3.8) is 0 Å². The van der Waals surface area contributed by atoms with Gasteiger partial charge in [0.15, 0.2) is 0 Å². The quantitative estimate of drug-likeness (QED) is 0.412. The molecule has 0 saturated heterocycles. The summed E-state index contributed by atoms with van der Waals surface area (Å²) in [6, 6.07) is 5.20. The fourth-order valence-corrected chi connectivity index (χ4v) is 3.14. The van der Waals surface area contributed by atoms with Crippen LogP contribution in [0.1, 0.15) is 11.3 Å². The maximum Gasteiger partial charge on any atom is 0.143 e. The molecule has 2 aromatic heterocycles. The average molecular weight is 416 g/mol. The summed E-state index contributed by atoms with van der Waals surface area (Å²) in [5, 5.41) is 9.82. The van der Waals surface area contributed by atoms with Crippen LogP contribution in [0.5, 0.6) is 0 Å². The number of aryl methyl sites for hydroxylation is 1. The van der Waals surface area contributed by atoms with Gasteiger partial charge in [-0.3, -0.25) is 10.4 Å². The summed E-state index contributed by atoms with van der Waals surface area (Å²) >= 11 is 24.6. The van der Waals surface area contributed by atoms with Crippen LogP contribution >= 0.6 is 46.4 Å². The van der Waals surface area contributed by atoms with Gasteiger partial charge in [-0.2, -0.15) is 5.10 Å². The molecule has 0 saturated carbocycles. The fourth-order valence-electron chi connectivity index (χ4n) is 2.12. The van der Waals surface area contributed by atoms with Crippen LogP contribution in [0.25, 0.3) is 11.3 Å². The van der Waals surface area contributed by atoms with Gasteiger partial charge < -0.3 is 4.52 Å². The van der Waals surface area contributed by atoms with Crippen molar-refractivity contribution < 1.29 is 4.52 Å². The SMILES string of the molecule is Cc1onc(-c2c(Cl)cccc2Cl)c1C=NNc1c(Cl)cncc1Cl. The molecular formula is C16H10Cl4N4O. The van der Waals surface area contributed by atoms with Gasteiger partial charge in [0.1, 0.15) is 11.5 Å². The molecule has 0 unspecified atom stereocenters. The summed E-state index contributed by atoms with van der Waals surface area (Å²) in [5.74, 6) is 0.559. The van der Waals surface area contributed by atoms with E-state index < -0.39 is 0 Å². The summed E-state index contributed by atoms with van der Waals surface area (Å²) in [7, 11) is 0. The third-order valence-corrected chi connectivity index (χ3v) is 4.53. The molecule has 0 aliphatic heterocycles. The highest BCUT2D eigenvalue weighted by atomic mass is 35.5. The van der Waals surface area contributed by atoms with E-state index in [0.717, 1.165) is 0 Å². The predicted molar refractivity (Wildman–Crippen MR) is 102 cm³/mol. The molecule has 1 aromatic carbocycles. The Labute approximate surface area is 163 Å². The van der Waals surface area contributed by atoms with Crippen LogP contribution in [0.3, 0.4) is 0 Å². The third-order valence-electron chi connectivity index (χ3n) is 3.33. The molecule has 0 bridgehead atoms. The molecule has 0 aliphatic carbocycles. The average Bonchev–Trinajstić information content (AvgIpc) is 2.91. The normalized spacial score (nSPS) is 11.2. The first-order valence-electron chi connectivity index (χ1n) is 6.97. The minimum absolute atomic E-state index is 0.348. The number of aromatic nitrogens is 2. The highest BCUT2D eigenvalue weighted by Gasteiger charge is 2.18. The molecule has 9 heteroatoms. The number of halogens is 4. The van der Waals surface area contributed by atoms with Crippen LogP contribution in [0, 0.1) is 6.92 Å². The van der Waals surface area contributed by atoms with Gasteiger partial charge in [0, 0.05) is 18.0 Å². The van der Waals surface area contributed by atoms with E-state index in [9.17, 15) is 0 Å². The van der Waals surface area contributed by atoms with E-state index in [0.29, 0.717) is 48.4 Å². The van der Waals surface area contributed by atoms with Crippen LogP contribution < -0.4 is 5.43 Å². The van der Waals surface area contributed by atoms with Crippen LogP contribution in [-0.4, -0.2) is 16.4 Å². The Morgan fingerprint density at radius 2 is 1.68 bits per heavy atom. The summed E-state index contributed by atoms with van der Waals surface area (Å²) in [4.78, 5) is 3.88. The minimum Gasteiger partial charge on any atom is -0.360 e. The molecular weight excluding hydrogens is 406 g/mol. The summed E-state index contributed by atoms with van der Waals surface area (Å²) in [5.41, 5.74) is 4.92. The number of pyridine rings is 1. The molecule has 0 radical (unpaired) electrons. The molecule has 3 rings (SSSR count). The maximum atomic E-state index is 6.25. The number of benzene rings is 1. The van der Waals surface area contributed by atoms with Crippen molar-refractivity contribution in [2.75, 3.05) is 5.43 Å². The number of nitrogens with one attached hydrogen (secondary N) is 1. The highest BCUT2D eigenvalue weighted by Crippen LogP contribution is 2.36. The Hall–Kier alpha value is -1.79. The Bertz CT molecular complexity index is 915. The van der Waals surface area contributed by atoms with Gasteiger partial charge in [-0.15, -0.1) is 0 Å². The molecule has 1 N–H and O–H groups in total. The molecule has 2 heterocycles. The number of hydrazone groups is 1. The number of hydrogen-bond donors (Lipinski definition) is 1. The zero-order valence-electron chi connectivity index (χ0n) is 12.7. The van der Waals surface area contributed by atoms with Crippen molar-refractivity contribution in [1.82, 2.24) is 10.1 Å². The van der Waals surface area contributed by atoms with E-state index in [1.54, 1.807) is 25.1 Å². The van der Waals surface area contributed by atoms with Crippen molar-refractivity contribution in [3.8, 4) is 11.3 Å². The molecule has 5 nitrogen and oxygen atoms in total. The number of anilines is 1. The Morgan fingerprint density at radius 1 is 1.04 bits per heavy atom. The van der Waals surface area contributed by atoms with Gasteiger partial charge in [0.05, 0.1) is 37.6 Å². The van der Waals surface area contributed by atoms with E-state index in [1.807, 2.05) is 0 Å². The monoisotopic (exact) mass is 414 g/mol. The molecule has 0 spiro atoms. The lowest BCUT2D eigenvalue weighted by molar-refractivity contribution is 0.399. The first kappa shape index (κ1) is 18.0. The lowest BCUT2D eigenvalue weighted by Crippen LogP contribution is -1.95. The molecule has 3 aromatic rings. The standard InChI is InChI=1S/C16H10Cl4N4O/c1-8-9(5-22-23-16-12(19)6-21-7-13(16)20)15(24-25-8)14-10(17)3-2-4-11(14)18/h2-7H,1H3,(H,21,23). The summed E-state index contributed by atoms with van der Waals surface area (Å²) < 4.78 is 5.26. The van der Waals surface area contributed by atoms with Crippen LogP contribution in [0.15, 0.2) is 40.2 Å². The molecule has 0 amide bonds. The highest BCUT2D eigenvalue weighted by molar-refractivity contribution is 6.39. The van der Waals surface area contributed by atoms with Crippen LogP contribution in [-0.2, 0) is 0 Å². The Balaban J connectivity index is 1.96. The van der Waals surface area contributed by atoms with Gasteiger partial charge >= 0.3 is 0 Å². The second-order valence-corrected chi connectivity index (χ2v) is 6.57. The first-order chi connectivity index (χ1) is 12.0. The fraction of sp³-hybridized carbons (Fsp3) is 0.0625. The largest absolute Gasteiger partial charge is 0.360 e. The van der Waals surface area contributed by atoms with E-state index in [4.69, 9.17) is 50.9 Å². The predicted octanol–water partition coefficient (Wildman–Crippen LogP) is 6.10. The van der Waals surface area contributed by atoms with Crippen molar-refractivity contribution in [1.29, 1.82) is 0 Å². The minimum atomic E-state index is 0.348. The van der Waals surface area contributed by atoms with E-state index in [2.05, 4.69) is 20.7 Å². The van der Waals surface area contributed by atoms with Gasteiger partial charge in [-0.25, -0.2) is 0 Å². The van der Waals surface area contributed by atoms with Gasteiger partial charge in [0.25, 0.3) is 0 Å². The number of hydrogen-bond acceptors (Lipinski definition) is 5. The third kappa shape index (κ3) is 3.75. The van der Waals surface area contributed by atoms with E-state index in [-0.39, 0.29) is 0 Å². The lowest BCUT2D eigenvalue weighted by Gasteiger charge is -2.05. The zero-order chi connectivity index (χ0) is 18.0. The second-order valence-electron chi connectivity index (χ2n) is 4.95. The van der Waals surface area contributed by atoms with Gasteiger partial charge in [-0.05, 0) is 19.1 Å². The molecule has 128 valence electrons. The van der Waals surface area contributed by atoms with Crippen LogP contribution in [0.2, 0.25) is 20.1 Å². The number of rotatable bonds is 4. The molecule has 0 fully saturated rings. The van der Waals surface area contributed by atoms with Gasteiger partial charge in [0.2, 0.25) is 0 Å². The van der Waals surface area contributed by atoms with Crippen molar-refractivity contribution in [3.05, 3.63) is 62.0 Å². The van der Waals surface area contributed by atoms with E-state index >= 15 is 0 Å². The first-order valence-corrected chi connectivity index (χ1v) is 8.49. The zero-order valence-corrected chi connectivity index (χ0v) is 15.7. The van der Waals surface area contributed by atoms with Crippen molar-refractivity contribution in [2.24, 2.45) is 5.10 Å². The summed E-state index contributed by atoms with van der Waals surface area (Å²) in [6.07, 6.45) is 4.46. The van der Waals surface area contributed by atoms with E-state index in [1.165, 1.54) is 18.6 Å². The molecule has 25 heavy (non-hydrogen) atoms. The summed E-state index contributed by atoms with van der Waals surface area (Å²) in [6.45, 7) is 1.76. The molecule has 0 atom stereocenters. The lowest BCUT2D eigenvalue weighted by atomic mass is 10.1. The molecule has 0 aliphatic rings. The smallest absolute Gasteiger partial charge is 0.143 e. The Morgan fingerprint density at radius 3 is 2.32 bits per heavy atom.